The molecular weight excluding hydrogens is 769 g/mol. The molecule has 360 valence electrons. The van der Waals surface area contributed by atoms with Crippen molar-refractivity contribution in [1.29, 1.82) is 0 Å². The maximum absolute atomic E-state index is 12.8. The summed E-state index contributed by atoms with van der Waals surface area (Å²) in [5, 5.41) is 0. The maximum Gasteiger partial charge on any atom is 0.306 e. The van der Waals surface area contributed by atoms with E-state index < -0.39 is 6.10 Å². The summed E-state index contributed by atoms with van der Waals surface area (Å²) in [7, 11) is 0. The minimum atomic E-state index is -0.779. The molecule has 0 spiro atoms. The molecule has 0 bridgehead atoms. The average molecular weight is 869 g/mol. The van der Waals surface area contributed by atoms with Crippen LogP contribution in [-0.2, 0) is 28.6 Å². The van der Waals surface area contributed by atoms with Gasteiger partial charge in [-0.25, -0.2) is 0 Å². The zero-order valence-corrected chi connectivity index (χ0v) is 41.1. The second kappa shape index (κ2) is 51.0. The van der Waals surface area contributed by atoms with Crippen LogP contribution in [0.3, 0.4) is 0 Å². The number of carbonyl (C=O) groups is 3. The normalized spacial score (nSPS) is 12.4. The van der Waals surface area contributed by atoms with Gasteiger partial charge in [0.15, 0.2) is 6.10 Å². The van der Waals surface area contributed by atoms with Gasteiger partial charge >= 0.3 is 17.9 Å². The first-order valence-electron chi connectivity index (χ1n) is 26.6. The van der Waals surface area contributed by atoms with Crippen molar-refractivity contribution in [3.8, 4) is 0 Å². The molecule has 0 aliphatic heterocycles. The SMILES string of the molecule is CC/C=C\C/C=C\C/C=C\CCCCCCCCC(=O)OCC(COC(=O)CCCCCCCCCCCCCC)OC(=O)CCCCCCC/C=C\CCCCCCCCC. The molecule has 0 saturated heterocycles. The van der Waals surface area contributed by atoms with Gasteiger partial charge in [-0.1, -0.05) is 223 Å². The number of hydrogen-bond donors (Lipinski definition) is 0. The van der Waals surface area contributed by atoms with Crippen LogP contribution in [0.15, 0.2) is 48.6 Å². The molecule has 0 amide bonds. The molecule has 0 rings (SSSR count). The van der Waals surface area contributed by atoms with E-state index >= 15 is 0 Å². The molecule has 0 aromatic heterocycles. The van der Waals surface area contributed by atoms with Crippen LogP contribution >= 0.6 is 0 Å². The third kappa shape index (κ3) is 48.4. The minimum Gasteiger partial charge on any atom is -0.462 e. The van der Waals surface area contributed by atoms with Crippen LogP contribution in [-0.4, -0.2) is 37.2 Å². The number of unbranched alkanes of at least 4 members (excludes halogenated alkanes) is 29. The quantitative estimate of drug-likeness (QED) is 0.0262. The molecule has 0 radical (unpaired) electrons. The van der Waals surface area contributed by atoms with Crippen molar-refractivity contribution in [2.75, 3.05) is 13.2 Å². The highest BCUT2D eigenvalue weighted by atomic mass is 16.6. The Balaban J connectivity index is 4.38. The summed E-state index contributed by atoms with van der Waals surface area (Å²) in [6.45, 7) is 6.52. The third-order valence-corrected chi connectivity index (χ3v) is 11.6. The van der Waals surface area contributed by atoms with E-state index in [9.17, 15) is 14.4 Å². The molecule has 0 aliphatic rings. The Morgan fingerprint density at radius 3 is 1.00 bits per heavy atom. The Hall–Kier alpha value is -2.63. The van der Waals surface area contributed by atoms with Crippen LogP contribution in [0.2, 0.25) is 0 Å². The van der Waals surface area contributed by atoms with E-state index in [4.69, 9.17) is 14.2 Å². The molecule has 6 nitrogen and oxygen atoms in total. The van der Waals surface area contributed by atoms with Gasteiger partial charge in [0.05, 0.1) is 0 Å². The van der Waals surface area contributed by atoms with Crippen molar-refractivity contribution >= 4 is 17.9 Å². The van der Waals surface area contributed by atoms with E-state index in [2.05, 4.69) is 69.4 Å². The molecule has 62 heavy (non-hydrogen) atoms. The fourth-order valence-electron chi connectivity index (χ4n) is 7.57. The van der Waals surface area contributed by atoms with E-state index in [1.807, 2.05) is 0 Å². The van der Waals surface area contributed by atoms with Crippen molar-refractivity contribution in [3.63, 3.8) is 0 Å². The smallest absolute Gasteiger partial charge is 0.306 e. The number of carbonyl (C=O) groups excluding carboxylic acids is 3. The highest BCUT2D eigenvalue weighted by Crippen LogP contribution is 2.15. The van der Waals surface area contributed by atoms with Crippen molar-refractivity contribution in [3.05, 3.63) is 48.6 Å². The Bertz CT molecular complexity index is 1090. The molecule has 0 heterocycles. The van der Waals surface area contributed by atoms with Gasteiger partial charge in [0.25, 0.3) is 0 Å². The first-order valence-corrected chi connectivity index (χ1v) is 26.6. The van der Waals surface area contributed by atoms with Crippen LogP contribution in [0, 0.1) is 0 Å². The number of allylic oxidation sites excluding steroid dienone is 8. The highest BCUT2D eigenvalue weighted by molar-refractivity contribution is 5.71. The average Bonchev–Trinajstić information content (AvgIpc) is 3.27. The van der Waals surface area contributed by atoms with Crippen LogP contribution in [0.1, 0.15) is 271 Å². The molecule has 0 fully saturated rings. The van der Waals surface area contributed by atoms with Gasteiger partial charge in [-0.2, -0.15) is 0 Å². The molecule has 6 heteroatoms. The van der Waals surface area contributed by atoms with E-state index in [-0.39, 0.29) is 31.1 Å². The van der Waals surface area contributed by atoms with E-state index in [0.717, 1.165) is 96.3 Å². The predicted octanol–water partition coefficient (Wildman–Crippen LogP) is 17.5. The standard InChI is InChI=1S/C56H100O6/c1-4-7-10-13-16-19-22-25-27-29-31-34-37-40-43-46-49-55(58)61-52-53(51-60-54(57)48-45-42-39-36-33-24-21-18-15-12-9-6-3)62-56(59)50-47-44-41-38-35-32-30-28-26-23-20-17-14-11-8-5-2/h7,10,16,19,25,27-28,30,53H,4-6,8-9,11-15,17-18,20-24,26,29,31-52H2,1-3H3/b10-7-,19-16-,27-25-,30-28-. The maximum atomic E-state index is 12.8. The van der Waals surface area contributed by atoms with E-state index in [1.165, 1.54) is 135 Å². The van der Waals surface area contributed by atoms with Crippen LogP contribution in [0.4, 0.5) is 0 Å². The Morgan fingerprint density at radius 2 is 0.629 bits per heavy atom. The fourth-order valence-corrected chi connectivity index (χ4v) is 7.57. The fraction of sp³-hybridized carbons (Fsp3) is 0.804. The molecular formula is C56H100O6. The van der Waals surface area contributed by atoms with Crippen molar-refractivity contribution in [2.24, 2.45) is 0 Å². The molecule has 0 aromatic carbocycles. The summed E-state index contributed by atoms with van der Waals surface area (Å²) in [4.78, 5) is 38.0. The molecule has 1 unspecified atom stereocenters. The largest absolute Gasteiger partial charge is 0.462 e. The lowest BCUT2D eigenvalue weighted by Crippen LogP contribution is -2.30. The molecule has 1 atom stereocenters. The van der Waals surface area contributed by atoms with Crippen molar-refractivity contribution < 1.29 is 28.6 Å². The summed E-state index contributed by atoms with van der Waals surface area (Å²) < 4.78 is 16.8. The summed E-state index contributed by atoms with van der Waals surface area (Å²) in [5.74, 6) is -0.891. The lowest BCUT2D eigenvalue weighted by Gasteiger charge is -2.18. The molecule has 0 N–H and O–H groups in total. The lowest BCUT2D eigenvalue weighted by molar-refractivity contribution is -0.167. The molecule has 0 aliphatic carbocycles. The minimum absolute atomic E-state index is 0.0783. The predicted molar refractivity (Wildman–Crippen MR) is 265 cm³/mol. The van der Waals surface area contributed by atoms with Crippen molar-refractivity contribution in [1.82, 2.24) is 0 Å². The van der Waals surface area contributed by atoms with Gasteiger partial charge in [-0.05, 0) is 77.0 Å². The summed E-state index contributed by atoms with van der Waals surface area (Å²) in [5.41, 5.74) is 0. The van der Waals surface area contributed by atoms with Gasteiger partial charge in [0.2, 0.25) is 0 Å². The van der Waals surface area contributed by atoms with Crippen LogP contribution < -0.4 is 0 Å². The zero-order valence-electron chi connectivity index (χ0n) is 41.1. The summed E-state index contributed by atoms with van der Waals surface area (Å²) in [6.07, 6.45) is 60.9. The highest BCUT2D eigenvalue weighted by Gasteiger charge is 2.19. The van der Waals surface area contributed by atoms with Crippen LogP contribution in [0.5, 0.6) is 0 Å². The second-order valence-electron chi connectivity index (χ2n) is 17.8. The third-order valence-electron chi connectivity index (χ3n) is 11.6. The summed E-state index contributed by atoms with van der Waals surface area (Å²) in [6, 6.07) is 0. The summed E-state index contributed by atoms with van der Waals surface area (Å²) >= 11 is 0. The Morgan fingerprint density at radius 1 is 0.339 bits per heavy atom. The number of rotatable bonds is 48. The van der Waals surface area contributed by atoms with Crippen LogP contribution in [0.25, 0.3) is 0 Å². The number of hydrogen-bond acceptors (Lipinski definition) is 6. The second-order valence-corrected chi connectivity index (χ2v) is 17.8. The molecule has 0 aromatic rings. The first-order chi connectivity index (χ1) is 30.5. The zero-order chi connectivity index (χ0) is 45.1. The lowest BCUT2D eigenvalue weighted by atomic mass is 10.0. The van der Waals surface area contributed by atoms with Gasteiger partial charge in [0, 0.05) is 19.3 Å². The number of esters is 3. The topological polar surface area (TPSA) is 78.9 Å². The van der Waals surface area contributed by atoms with E-state index in [1.54, 1.807) is 0 Å². The van der Waals surface area contributed by atoms with Gasteiger partial charge in [-0.15, -0.1) is 0 Å². The molecule has 0 saturated carbocycles. The Kier molecular flexibility index (Phi) is 48.8. The Labute approximate surface area is 384 Å². The first kappa shape index (κ1) is 59.4. The van der Waals surface area contributed by atoms with Gasteiger partial charge in [-0.3, -0.25) is 14.4 Å². The monoisotopic (exact) mass is 869 g/mol. The van der Waals surface area contributed by atoms with Gasteiger partial charge in [0.1, 0.15) is 13.2 Å². The van der Waals surface area contributed by atoms with E-state index in [0.29, 0.717) is 19.3 Å². The van der Waals surface area contributed by atoms with Gasteiger partial charge < -0.3 is 14.2 Å². The number of ether oxygens (including phenoxy) is 3. The van der Waals surface area contributed by atoms with Crippen molar-refractivity contribution in [2.45, 2.75) is 277 Å².